The Kier molecular flexibility index (Phi) is 4.86. The van der Waals surface area contributed by atoms with Crippen molar-refractivity contribution >= 4 is 11.8 Å². The van der Waals surface area contributed by atoms with Crippen LogP contribution in [0.4, 0.5) is 4.39 Å². The van der Waals surface area contributed by atoms with Crippen LogP contribution >= 0.6 is 0 Å². The number of carbonyl (C=O) groups excluding carboxylic acids is 2. The molecule has 3 rings (SSSR count). The van der Waals surface area contributed by atoms with E-state index in [9.17, 15) is 14.0 Å². The van der Waals surface area contributed by atoms with E-state index in [1.165, 1.54) is 24.3 Å². The van der Waals surface area contributed by atoms with Crippen molar-refractivity contribution in [3.05, 3.63) is 71.5 Å². The number of carbonyl (C=O) groups is 2. The molecule has 1 saturated carbocycles. The number of hydrogen-bond donors (Lipinski definition) is 3. The van der Waals surface area contributed by atoms with Crippen LogP contribution in [-0.4, -0.2) is 17.9 Å². The summed E-state index contributed by atoms with van der Waals surface area (Å²) in [6.07, 6.45) is 1.96. The van der Waals surface area contributed by atoms with Crippen molar-refractivity contribution in [2.45, 2.75) is 24.9 Å². The number of rotatable bonds is 6. The van der Waals surface area contributed by atoms with E-state index in [1.807, 2.05) is 30.3 Å². The zero-order valence-electron chi connectivity index (χ0n) is 13.0. The molecular weight excluding hydrogens is 309 g/mol. The summed E-state index contributed by atoms with van der Waals surface area (Å²) in [6, 6.07) is 13.9. The molecule has 2 amide bonds. The Labute approximate surface area is 139 Å². The number of halogens is 1. The smallest absolute Gasteiger partial charge is 0.265 e. The molecule has 124 valence electrons. The molecule has 0 aromatic heterocycles. The van der Waals surface area contributed by atoms with E-state index in [2.05, 4.69) is 16.2 Å². The number of amides is 2. The average Bonchev–Trinajstić information content (AvgIpc) is 3.40. The Bertz CT molecular complexity index is 715. The Balaban J connectivity index is 1.68. The van der Waals surface area contributed by atoms with Gasteiger partial charge in [0.2, 0.25) is 5.91 Å². The third kappa shape index (κ3) is 4.17. The highest BCUT2D eigenvalue weighted by atomic mass is 19.1. The van der Waals surface area contributed by atoms with Gasteiger partial charge in [-0.25, -0.2) is 9.82 Å². The Morgan fingerprint density at radius 3 is 2.29 bits per heavy atom. The maximum absolute atomic E-state index is 12.9. The van der Waals surface area contributed by atoms with Crippen molar-refractivity contribution in [3.63, 3.8) is 0 Å². The molecule has 1 atom stereocenters. The molecule has 0 bridgehead atoms. The zero-order valence-corrected chi connectivity index (χ0v) is 13.0. The van der Waals surface area contributed by atoms with Gasteiger partial charge in [0.05, 0.1) is 0 Å². The van der Waals surface area contributed by atoms with Crippen LogP contribution in [0.1, 0.15) is 34.8 Å². The lowest BCUT2D eigenvalue weighted by atomic mass is 10.1. The third-order valence-electron chi connectivity index (χ3n) is 3.76. The van der Waals surface area contributed by atoms with Crippen LogP contribution in [0.5, 0.6) is 0 Å². The average molecular weight is 327 g/mol. The summed E-state index contributed by atoms with van der Waals surface area (Å²) < 4.78 is 12.9. The number of hydrogen-bond acceptors (Lipinski definition) is 3. The topological polar surface area (TPSA) is 70.2 Å². The van der Waals surface area contributed by atoms with Crippen molar-refractivity contribution < 1.29 is 14.0 Å². The van der Waals surface area contributed by atoms with Crippen LogP contribution in [0.25, 0.3) is 0 Å². The monoisotopic (exact) mass is 327 g/mol. The van der Waals surface area contributed by atoms with Crippen molar-refractivity contribution in [2.75, 3.05) is 0 Å². The molecule has 0 aliphatic heterocycles. The van der Waals surface area contributed by atoms with Crippen molar-refractivity contribution in [1.29, 1.82) is 0 Å². The SMILES string of the molecule is O=C(NNC(C(=O)NC1CC1)c1ccccc1)c1ccc(F)cc1. The lowest BCUT2D eigenvalue weighted by Crippen LogP contribution is -2.46. The molecular formula is C18H18FN3O2. The number of hydrazine groups is 1. The highest BCUT2D eigenvalue weighted by Crippen LogP contribution is 2.21. The van der Waals surface area contributed by atoms with Crippen LogP contribution in [0, 0.1) is 5.82 Å². The largest absolute Gasteiger partial charge is 0.352 e. The maximum Gasteiger partial charge on any atom is 0.265 e. The fourth-order valence-electron chi connectivity index (χ4n) is 2.27. The van der Waals surface area contributed by atoms with E-state index in [0.29, 0.717) is 5.56 Å². The molecule has 6 heteroatoms. The summed E-state index contributed by atoms with van der Waals surface area (Å²) in [4.78, 5) is 24.5. The lowest BCUT2D eigenvalue weighted by molar-refractivity contribution is -0.123. The molecule has 2 aromatic rings. The summed E-state index contributed by atoms with van der Waals surface area (Å²) in [5.41, 5.74) is 6.35. The van der Waals surface area contributed by atoms with Crippen molar-refractivity contribution in [3.8, 4) is 0 Å². The van der Waals surface area contributed by atoms with Gasteiger partial charge in [-0.05, 0) is 42.7 Å². The molecule has 0 saturated heterocycles. The van der Waals surface area contributed by atoms with Crippen LogP contribution in [0.3, 0.4) is 0 Å². The molecule has 1 aliphatic carbocycles. The van der Waals surface area contributed by atoms with Crippen LogP contribution in [-0.2, 0) is 4.79 Å². The number of nitrogens with one attached hydrogen (secondary N) is 3. The standard InChI is InChI=1S/C18H18FN3O2/c19-14-8-6-13(7-9-14)17(23)22-21-16(12-4-2-1-3-5-12)18(24)20-15-10-11-15/h1-9,15-16,21H,10-11H2,(H,20,24)(H,22,23). The zero-order chi connectivity index (χ0) is 16.9. The Hall–Kier alpha value is -2.73. The molecule has 2 aromatic carbocycles. The second kappa shape index (κ2) is 7.23. The number of benzene rings is 2. The van der Waals surface area contributed by atoms with Gasteiger partial charge in [-0.1, -0.05) is 30.3 Å². The molecule has 5 nitrogen and oxygen atoms in total. The van der Waals surface area contributed by atoms with E-state index in [4.69, 9.17) is 0 Å². The van der Waals surface area contributed by atoms with E-state index >= 15 is 0 Å². The first-order valence-electron chi connectivity index (χ1n) is 7.80. The van der Waals surface area contributed by atoms with Gasteiger partial charge in [0.1, 0.15) is 11.9 Å². The molecule has 1 fully saturated rings. The molecule has 1 aliphatic rings. The molecule has 0 heterocycles. The molecule has 3 N–H and O–H groups in total. The quantitative estimate of drug-likeness (QED) is 0.712. The third-order valence-corrected chi connectivity index (χ3v) is 3.76. The summed E-state index contributed by atoms with van der Waals surface area (Å²) in [5, 5.41) is 2.92. The molecule has 0 spiro atoms. The van der Waals surface area contributed by atoms with Gasteiger partial charge in [0, 0.05) is 11.6 Å². The van der Waals surface area contributed by atoms with Gasteiger partial charge >= 0.3 is 0 Å². The maximum atomic E-state index is 12.9. The van der Waals surface area contributed by atoms with Crippen LogP contribution in [0.15, 0.2) is 54.6 Å². The predicted molar refractivity (Wildman–Crippen MR) is 87.3 cm³/mol. The second-order valence-electron chi connectivity index (χ2n) is 5.73. The van der Waals surface area contributed by atoms with E-state index in [0.717, 1.165) is 18.4 Å². The first kappa shape index (κ1) is 16.1. The summed E-state index contributed by atoms with van der Waals surface area (Å²) >= 11 is 0. The minimum absolute atomic E-state index is 0.192. The predicted octanol–water partition coefficient (Wildman–Crippen LogP) is 2.08. The highest BCUT2D eigenvalue weighted by molar-refractivity contribution is 5.94. The van der Waals surface area contributed by atoms with Crippen molar-refractivity contribution in [2.24, 2.45) is 0 Å². The van der Waals surface area contributed by atoms with Gasteiger partial charge < -0.3 is 5.32 Å². The van der Waals surface area contributed by atoms with Crippen LogP contribution in [0.2, 0.25) is 0 Å². The van der Waals surface area contributed by atoms with Gasteiger partial charge in [0.25, 0.3) is 5.91 Å². The summed E-state index contributed by atoms with van der Waals surface area (Å²) in [5.74, 6) is -1.04. The fourth-order valence-corrected chi connectivity index (χ4v) is 2.27. The fraction of sp³-hybridized carbons (Fsp3) is 0.222. The highest BCUT2D eigenvalue weighted by Gasteiger charge is 2.28. The van der Waals surface area contributed by atoms with Crippen molar-refractivity contribution in [1.82, 2.24) is 16.2 Å². The Morgan fingerprint density at radius 1 is 1.00 bits per heavy atom. The minimum Gasteiger partial charge on any atom is -0.352 e. The van der Waals surface area contributed by atoms with Gasteiger partial charge in [-0.2, -0.15) is 0 Å². The first-order chi connectivity index (χ1) is 11.6. The van der Waals surface area contributed by atoms with E-state index in [1.54, 1.807) is 0 Å². The Morgan fingerprint density at radius 2 is 1.67 bits per heavy atom. The van der Waals surface area contributed by atoms with Gasteiger partial charge in [-0.15, -0.1) is 0 Å². The minimum atomic E-state index is -0.698. The summed E-state index contributed by atoms with van der Waals surface area (Å²) in [6.45, 7) is 0. The molecule has 0 radical (unpaired) electrons. The normalized spacial score (nSPS) is 14.7. The lowest BCUT2D eigenvalue weighted by Gasteiger charge is -2.19. The van der Waals surface area contributed by atoms with E-state index < -0.39 is 17.8 Å². The molecule has 24 heavy (non-hydrogen) atoms. The van der Waals surface area contributed by atoms with Gasteiger partial charge in [0.15, 0.2) is 0 Å². The summed E-state index contributed by atoms with van der Waals surface area (Å²) in [7, 11) is 0. The van der Waals surface area contributed by atoms with Crippen LogP contribution < -0.4 is 16.2 Å². The molecule has 1 unspecified atom stereocenters. The second-order valence-corrected chi connectivity index (χ2v) is 5.73. The van der Waals surface area contributed by atoms with Gasteiger partial charge in [-0.3, -0.25) is 15.0 Å². The first-order valence-corrected chi connectivity index (χ1v) is 7.80. The van der Waals surface area contributed by atoms with E-state index in [-0.39, 0.29) is 11.9 Å².